The highest BCUT2D eigenvalue weighted by atomic mass is 32.2. The van der Waals surface area contributed by atoms with E-state index in [1.807, 2.05) is 37.3 Å². The van der Waals surface area contributed by atoms with Crippen LogP contribution in [0.5, 0.6) is 0 Å². The zero-order valence-electron chi connectivity index (χ0n) is 21.9. The van der Waals surface area contributed by atoms with Crippen LogP contribution < -0.4 is 9.62 Å². The summed E-state index contributed by atoms with van der Waals surface area (Å²) >= 11 is 0. The minimum Gasteiger partial charge on any atom is -0.354 e. The predicted molar refractivity (Wildman–Crippen MR) is 149 cm³/mol. The Morgan fingerprint density at radius 3 is 2.23 bits per heavy atom. The quantitative estimate of drug-likeness (QED) is 0.254. The highest BCUT2D eigenvalue weighted by Crippen LogP contribution is 2.27. The monoisotopic (exact) mass is 552 g/mol. The van der Waals surface area contributed by atoms with Gasteiger partial charge in [-0.3, -0.25) is 24.0 Å². The lowest BCUT2D eigenvalue weighted by molar-refractivity contribution is -0.384. The van der Waals surface area contributed by atoms with Gasteiger partial charge in [-0.1, -0.05) is 61.5 Å². The first kappa shape index (κ1) is 29.3. The van der Waals surface area contributed by atoms with Gasteiger partial charge in [0.2, 0.25) is 11.8 Å². The van der Waals surface area contributed by atoms with Crippen molar-refractivity contribution in [1.82, 2.24) is 10.2 Å². The second-order valence-electron chi connectivity index (χ2n) is 8.89. The minimum absolute atomic E-state index is 0.0347. The Labute approximate surface area is 228 Å². The number of amides is 2. The van der Waals surface area contributed by atoms with Crippen molar-refractivity contribution in [3.63, 3.8) is 0 Å². The third kappa shape index (κ3) is 7.64. The number of anilines is 1. The normalized spacial score (nSPS) is 11.8. The fourth-order valence-corrected chi connectivity index (χ4v) is 5.40. The third-order valence-corrected chi connectivity index (χ3v) is 7.93. The molecule has 10 nitrogen and oxygen atoms in total. The summed E-state index contributed by atoms with van der Waals surface area (Å²) in [5.41, 5.74) is 0.595. The van der Waals surface area contributed by atoms with Gasteiger partial charge in [-0.2, -0.15) is 0 Å². The number of hydrogen-bond acceptors (Lipinski definition) is 6. The summed E-state index contributed by atoms with van der Waals surface area (Å²) in [6.07, 6.45) is 1.16. The van der Waals surface area contributed by atoms with Crippen LogP contribution in [0.25, 0.3) is 0 Å². The van der Waals surface area contributed by atoms with Gasteiger partial charge < -0.3 is 10.2 Å². The van der Waals surface area contributed by atoms with Gasteiger partial charge in [0.15, 0.2) is 0 Å². The van der Waals surface area contributed by atoms with Crippen molar-refractivity contribution in [2.75, 3.05) is 23.9 Å². The first-order valence-corrected chi connectivity index (χ1v) is 14.0. The van der Waals surface area contributed by atoms with Crippen molar-refractivity contribution >= 4 is 33.2 Å². The fourth-order valence-electron chi connectivity index (χ4n) is 3.98. The lowest BCUT2D eigenvalue weighted by atomic mass is 10.1. The Bertz CT molecular complexity index is 1380. The van der Waals surface area contributed by atoms with Crippen molar-refractivity contribution in [2.45, 2.75) is 37.6 Å². The standard InChI is InChI=1S/C28H32N4O6S/c1-3-18-29-28(34)22(2)30(19-17-23-11-6-4-7-12-23)27(33)21-31(24-13-10-14-25(20-24)32(35)36)39(37,38)26-15-8-5-9-16-26/h4-16,20,22H,3,17-19,21H2,1-2H3,(H,29,34). The number of hydrogen-bond donors (Lipinski definition) is 1. The molecule has 3 aromatic carbocycles. The topological polar surface area (TPSA) is 130 Å². The van der Waals surface area contributed by atoms with Crippen LogP contribution in [0.4, 0.5) is 11.4 Å². The molecule has 0 spiro atoms. The van der Waals surface area contributed by atoms with Crippen molar-refractivity contribution < 1.29 is 22.9 Å². The summed E-state index contributed by atoms with van der Waals surface area (Å²) in [5, 5.41) is 14.2. The van der Waals surface area contributed by atoms with E-state index in [1.54, 1.807) is 25.1 Å². The van der Waals surface area contributed by atoms with Gasteiger partial charge in [0, 0.05) is 25.2 Å². The molecule has 0 fully saturated rings. The Morgan fingerprint density at radius 2 is 1.62 bits per heavy atom. The average Bonchev–Trinajstić information content (AvgIpc) is 2.95. The highest BCUT2D eigenvalue weighted by Gasteiger charge is 2.32. The van der Waals surface area contributed by atoms with E-state index < -0.39 is 33.4 Å². The smallest absolute Gasteiger partial charge is 0.271 e. The zero-order chi connectivity index (χ0) is 28.4. The van der Waals surface area contributed by atoms with E-state index in [0.717, 1.165) is 15.9 Å². The molecule has 1 atom stereocenters. The number of carbonyl (C=O) groups excluding carboxylic acids is 2. The van der Waals surface area contributed by atoms with E-state index in [-0.39, 0.29) is 28.7 Å². The molecule has 2 amide bonds. The first-order chi connectivity index (χ1) is 18.6. The van der Waals surface area contributed by atoms with E-state index in [4.69, 9.17) is 0 Å². The number of non-ortho nitro benzene ring substituents is 1. The molecular weight excluding hydrogens is 520 g/mol. The second-order valence-corrected chi connectivity index (χ2v) is 10.8. The van der Waals surface area contributed by atoms with Gasteiger partial charge >= 0.3 is 0 Å². The molecule has 39 heavy (non-hydrogen) atoms. The summed E-state index contributed by atoms with van der Waals surface area (Å²) in [6, 6.07) is 21.2. The SMILES string of the molecule is CCCNC(=O)C(C)N(CCc1ccccc1)C(=O)CN(c1cccc([N+](=O)[O-])c1)S(=O)(=O)c1ccccc1. The van der Waals surface area contributed by atoms with Gasteiger partial charge in [0.1, 0.15) is 12.6 Å². The fraction of sp³-hybridized carbons (Fsp3) is 0.286. The number of nitro benzene ring substituents is 1. The average molecular weight is 553 g/mol. The summed E-state index contributed by atoms with van der Waals surface area (Å²) in [5.74, 6) is -0.970. The second kappa shape index (κ2) is 13.5. The number of sulfonamides is 1. The van der Waals surface area contributed by atoms with Gasteiger partial charge in [-0.25, -0.2) is 8.42 Å². The maximum Gasteiger partial charge on any atom is 0.271 e. The molecule has 0 bridgehead atoms. The molecule has 3 aromatic rings. The van der Waals surface area contributed by atoms with E-state index in [9.17, 15) is 28.1 Å². The number of rotatable bonds is 13. The summed E-state index contributed by atoms with van der Waals surface area (Å²) in [7, 11) is -4.29. The molecule has 0 saturated heterocycles. The molecule has 1 N–H and O–H groups in total. The van der Waals surface area contributed by atoms with E-state index in [1.165, 1.54) is 35.2 Å². The van der Waals surface area contributed by atoms with Crippen LogP contribution in [0.1, 0.15) is 25.8 Å². The molecule has 0 heterocycles. The molecule has 1 unspecified atom stereocenters. The first-order valence-electron chi connectivity index (χ1n) is 12.6. The van der Waals surface area contributed by atoms with Gasteiger partial charge in [0.25, 0.3) is 15.7 Å². The molecule has 0 radical (unpaired) electrons. The Morgan fingerprint density at radius 1 is 0.974 bits per heavy atom. The van der Waals surface area contributed by atoms with Crippen molar-refractivity contribution in [3.05, 3.63) is 101 Å². The van der Waals surface area contributed by atoms with Crippen molar-refractivity contribution in [3.8, 4) is 0 Å². The predicted octanol–water partition coefficient (Wildman–Crippen LogP) is 3.78. The number of nitrogens with zero attached hydrogens (tertiary/aromatic N) is 3. The molecule has 3 rings (SSSR count). The Balaban J connectivity index is 1.99. The summed E-state index contributed by atoms with van der Waals surface area (Å²) in [6.45, 7) is 3.45. The third-order valence-electron chi connectivity index (χ3n) is 6.14. The van der Waals surface area contributed by atoms with Gasteiger partial charge in [0.05, 0.1) is 15.5 Å². The molecule has 11 heteroatoms. The lowest BCUT2D eigenvalue weighted by Crippen LogP contribution is -2.52. The van der Waals surface area contributed by atoms with Crippen LogP contribution in [-0.4, -0.2) is 55.7 Å². The Kier molecular flexibility index (Phi) is 10.2. The van der Waals surface area contributed by atoms with E-state index in [0.29, 0.717) is 19.4 Å². The molecule has 206 valence electrons. The van der Waals surface area contributed by atoms with Gasteiger partial charge in [-0.15, -0.1) is 0 Å². The summed E-state index contributed by atoms with van der Waals surface area (Å²) < 4.78 is 28.3. The molecule has 0 aromatic heterocycles. The molecule has 0 aliphatic heterocycles. The van der Waals surface area contributed by atoms with Crippen LogP contribution in [-0.2, 0) is 26.0 Å². The van der Waals surface area contributed by atoms with Crippen LogP contribution >= 0.6 is 0 Å². The minimum atomic E-state index is -4.29. The summed E-state index contributed by atoms with van der Waals surface area (Å²) in [4.78, 5) is 38.7. The number of nitrogens with one attached hydrogen (secondary N) is 1. The highest BCUT2D eigenvalue weighted by molar-refractivity contribution is 7.92. The van der Waals surface area contributed by atoms with Crippen LogP contribution in [0.3, 0.4) is 0 Å². The van der Waals surface area contributed by atoms with Crippen LogP contribution in [0.2, 0.25) is 0 Å². The molecule has 0 aliphatic carbocycles. The molecular formula is C28H32N4O6S. The zero-order valence-corrected chi connectivity index (χ0v) is 22.7. The number of benzene rings is 3. The van der Waals surface area contributed by atoms with E-state index in [2.05, 4.69) is 5.32 Å². The Hall–Kier alpha value is -4.25. The number of carbonyl (C=O) groups is 2. The van der Waals surface area contributed by atoms with Crippen LogP contribution in [0, 0.1) is 10.1 Å². The lowest BCUT2D eigenvalue weighted by Gasteiger charge is -2.32. The van der Waals surface area contributed by atoms with Gasteiger partial charge in [-0.05, 0) is 43.5 Å². The van der Waals surface area contributed by atoms with Crippen molar-refractivity contribution in [1.29, 1.82) is 0 Å². The maximum absolute atomic E-state index is 13.8. The largest absolute Gasteiger partial charge is 0.354 e. The molecule has 0 saturated carbocycles. The van der Waals surface area contributed by atoms with Crippen molar-refractivity contribution in [2.24, 2.45) is 0 Å². The van der Waals surface area contributed by atoms with Crippen LogP contribution in [0.15, 0.2) is 89.8 Å². The maximum atomic E-state index is 13.8. The molecule has 0 aliphatic rings. The van der Waals surface area contributed by atoms with E-state index >= 15 is 0 Å². The number of nitro groups is 1.